The summed E-state index contributed by atoms with van der Waals surface area (Å²) in [5.74, 6) is 0.0696. The minimum Gasteiger partial charge on any atom is -0.320 e. The molecule has 1 fully saturated rings. The number of halogens is 1. The van der Waals surface area contributed by atoms with E-state index in [1.165, 1.54) is 6.20 Å². The van der Waals surface area contributed by atoms with Crippen molar-refractivity contribution < 1.29 is 9.59 Å². The first kappa shape index (κ1) is 18.1. The van der Waals surface area contributed by atoms with Crippen molar-refractivity contribution in [3.8, 4) is 11.1 Å². The first-order valence-corrected chi connectivity index (χ1v) is 9.26. The maximum atomic E-state index is 12.7. The Morgan fingerprint density at radius 3 is 2.54 bits per heavy atom. The quantitative estimate of drug-likeness (QED) is 0.674. The van der Waals surface area contributed by atoms with Crippen LogP contribution in [-0.4, -0.2) is 21.8 Å². The number of pyridine rings is 2. The van der Waals surface area contributed by atoms with Gasteiger partial charge in [-0.25, -0.2) is 4.98 Å². The van der Waals surface area contributed by atoms with Crippen molar-refractivity contribution in [1.82, 2.24) is 9.97 Å². The Labute approximate surface area is 167 Å². The number of hydrogen-bond donors (Lipinski definition) is 2. The summed E-state index contributed by atoms with van der Waals surface area (Å²) in [5, 5.41) is 6.27. The van der Waals surface area contributed by atoms with E-state index in [1.807, 2.05) is 18.2 Å². The number of carbonyl (C=O) groups excluding carboxylic acids is 2. The van der Waals surface area contributed by atoms with Crippen LogP contribution in [0.25, 0.3) is 11.1 Å². The molecule has 0 radical (unpaired) electrons. The molecule has 2 heterocycles. The third kappa shape index (κ3) is 4.18. The lowest BCUT2D eigenvalue weighted by molar-refractivity contribution is -0.117. The zero-order chi connectivity index (χ0) is 19.5. The molecule has 0 bridgehead atoms. The second kappa shape index (κ2) is 7.78. The zero-order valence-corrected chi connectivity index (χ0v) is 15.6. The highest BCUT2D eigenvalue weighted by Gasteiger charge is 2.29. The summed E-state index contributed by atoms with van der Waals surface area (Å²) in [4.78, 5) is 32.9. The van der Waals surface area contributed by atoms with Crippen molar-refractivity contribution in [3.63, 3.8) is 0 Å². The second-order valence-corrected chi connectivity index (χ2v) is 7.01. The van der Waals surface area contributed by atoms with Crippen LogP contribution in [0.2, 0.25) is 5.02 Å². The Bertz CT molecular complexity index is 1030. The van der Waals surface area contributed by atoms with Crippen LogP contribution in [0.1, 0.15) is 23.2 Å². The third-order valence-electron chi connectivity index (χ3n) is 4.45. The zero-order valence-electron chi connectivity index (χ0n) is 14.9. The molecule has 1 aliphatic rings. The Hall–Kier alpha value is -3.25. The summed E-state index contributed by atoms with van der Waals surface area (Å²) in [6, 6.07) is 12.3. The molecule has 6 nitrogen and oxygen atoms in total. The predicted molar refractivity (Wildman–Crippen MR) is 108 cm³/mol. The van der Waals surface area contributed by atoms with Crippen molar-refractivity contribution in [2.24, 2.45) is 5.92 Å². The molecule has 140 valence electrons. The molecule has 1 aromatic carbocycles. The fourth-order valence-electron chi connectivity index (χ4n) is 2.78. The van der Waals surface area contributed by atoms with E-state index >= 15 is 0 Å². The summed E-state index contributed by atoms with van der Waals surface area (Å²) in [6.45, 7) is 0. The average molecular weight is 393 g/mol. The number of nitrogens with one attached hydrogen (secondary N) is 2. The highest BCUT2D eigenvalue weighted by molar-refractivity contribution is 6.30. The summed E-state index contributed by atoms with van der Waals surface area (Å²) in [7, 11) is 0. The summed E-state index contributed by atoms with van der Waals surface area (Å²) >= 11 is 5.96. The van der Waals surface area contributed by atoms with E-state index in [4.69, 9.17) is 11.6 Å². The largest absolute Gasteiger partial charge is 0.320 e. The lowest BCUT2D eigenvalue weighted by Crippen LogP contribution is -2.16. The van der Waals surface area contributed by atoms with Gasteiger partial charge in [-0.05, 0) is 48.7 Å². The number of hydrogen-bond acceptors (Lipinski definition) is 4. The van der Waals surface area contributed by atoms with Gasteiger partial charge in [-0.3, -0.25) is 14.6 Å². The number of nitrogens with zero attached hydrogens (tertiary/aromatic N) is 2. The molecular formula is C21H17ClN4O2. The van der Waals surface area contributed by atoms with Gasteiger partial charge in [0.05, 0.1) is 11.9 Å². The molecule has 0 atom stereocenters. The van der Waals surface area contributed by atoms with E-state index in [1.54, 1.807) is 36.7 Å². The van der Waals surface area contributed by atoms with E-state index in [0.29, 0.717) is 22.1 Å². The first-order chi connectivity index (χ1) is 13.6. The van der Waals surface area contributed by atoms with E-state index in [0.717, 1.165) is 24.0 Å². The molecule has 1 aliphatic carbocycles. The Balaban J connectivity index is 1.54. The molecular weight excluding hydrogens is 376 g/mol. The van der Waals surface area contributed by atoms with E-state index in [9.17, 15) is 9.59 Å². The van der Waals surface area contributed by atoms with E-state index < -0.39 is 0 Å². The highest BCUT2D eigenvalue weighted by Crippen LogP contribution is 2.30. The monoisotopic (exact) mass is 392 g/mol. The van der Waals surface area contributed by atoms with Crippen LogP contribution in [0.15, 0.2) is 61.1 Å². The molecule has 28 heavy (non-hydrogen) atoms. The van der Waals surface area contributed by atoms with Gasteiger partial charge in [0.15, 0.2) is 0 Å². The fourth-order valence-corrected chi connectivity index (χ4v) is 2.91. The molecule has 0 saturated heterocycles. The summed E-state index contributed by atoms with van der Waals surface area (Å²) < 4.78 is 0. The molecule has 4 rings (SSSR count). The Morgan fingerprint density at radius 1 is 1.00 bits per heavy atom. The van der Waals surface area contributed by atoms with Crippen LogP contribution in [0.5, 0.6) is 0 Å². The SMILES string of the molecule is O=C(Nc1cnccc1-c1ccc(Cl)cc1)c1ccnc(NC(=O)C2CC2)c1. The molecule has 0 spiro atoms. The third-order valence-corrected chi connectivity index (χ3v) is 4.70. The van der Waals surface area contributed by atoms with Gasteiger partial charge < -0.3 is 10.6 Å². The van der Waals surface area contributed by atoms with Crippen molar-refractivity contribution in [3.05, 3.63) is 71.6 Å². The van der Waals surface area contributed by atoms with Gasteiger partial charge in [0, 0.05) is 34.5 Å². The lowest BCUT2D eigenvalue weighted by Gasteiger charge is -2.11. The Kier molecular flexibility index (Phi) is 5.04. The summed E-state index contributed by atoms with van der Waals surface area (Å²) in [5.41, 5.74) is 2.72. The van der Waals surface area contributed by atoms with Crippen LogP contribution < -0.4 is 10.6 Å². The standard InChI is InChI=1S/C21H17ClN4O2/c22-16-5-3-13(4-6-16)17-8-9-23-12-18(17)25-21(28)15-7-10-24-19(11-15)26-20(27)14-1-2-14/h3-12,14H,1-2H2,(H,25,28)(H,24,26,27). The molecule has 2 aromatic heterocycles. The molecule has 2 amide bonds. The van der Waals surface area contributed by atoms with Crippen molar-refractivity contribution in [2.45, 2.75) is 12.8 Å². The van der Waals surface area contributed by atoms with Crippen molar-refractivity contribution in [1.29, 1.82) is 0 Å². The molecule has 1 saturated carbocycles. The smallest absolute Gasteiger partial charge is 0.255 e. The van der Waals surface area contributed by atoms with Gasteiger partial charge in [0.25, 0.3) is 5.91 Å². The number of aromatic nitrogens is 2. The van der Waals surface area contributed by atoms with E-state index in [-0.39, 0.29) is 17.7 Å². The maximum Gasteiger partial charge on any atom is 0.255 e. The topological polar surface area (TPSA) is 84.0 Å². The number of rotatable bonds is 5. The second-order valence-electron chi connectivity index (χ2n) is 6.58. The van der Waals surface area contributed by atoms with Crippen LogP contribution in [0.3, 0.4) is 0 Å². The number of anilines is 2. The van der Waals surface area contributed by atoms with Gasteiger partial charge in [0.1, 0.15) is 5.82 Å². The van der Waals surface area contributed by atoms with Gasteiger partial charge in [0.2, 0.25) is 5.91 Å². The maximum absolute atomic E-state index is 12.7. The van der Waals surface area contributed by atoms with Gasteiger partial charge in [-0.1, -0.05) is 23.7 Å². The van der Waals surface area contributed by atoms with Gasteiger partial charge >= 0.3 is 0 Å². The van der Waals surface area contributed by atoms with Crippen LogP contribution in [0, 0.1) is 5.92 Å². The van der Waals surface area contributed by atoms with E-state index in [2.05, 4.69) is 20.6 Å². The normalized spacial score (nSPS) is 13.0. The van der Waals surface area contributed by atoms with Crippen molar-refractivity contribution in [2.75, 3.05) is 10.6 Å². The minimum atomic E-state index is -0.312. The first-order valence-electron chi connectivity index (χ1n) is 8.88. The van der Waals surface area contributed by atoms with Gasteiger partial charge in [-0.15, -0.1) is 0 Å². The lowest BCUT2D eigenvalue weighted by atomic mass is 10.1. The highest BCUT2D eigenvalue weighted by atomic mass is 35.5. The minimum absolute atomic E-state index is 0.0534. The number of carbonyl (C=O) groups is 2. The summed E-state index contributed by atoms with van der Waals surface area (Å²) in [6.07, 6.45) is 6.57. The van der Waals surface area contributed by atoms with Crippen LogP contribution in [-0.2, 0) is 4.79 Å². The molecule has 0 aliphatic heterocycles. The molecule has 0 unspecified atom stereocenters. The van der Waals surface area contributed by atoms with Crippen LogP contribution >= 0.6 is 11.6 Å². The average Bonchev–Trinajstić information content (AvgIpc) is 3.55. The Morgan fingerprint density at radius 2 is 1.79 bits per heavy atom. The predicted octanol–water partition coefficient (Wildman–Crippen LogP) is 4.40. The van der Waals surface area contributed by atoms with Gasteiger partial charge in [-0.2, -0.15) is 0 Å². The number of amides is 2. The van der Waals surface area contributed by atoms with Crippen molar-refractivity contribution >= 4 is 34.9 Å². The number of benzene rings is 1. The molecule has 7 heteroatoms. The fraction of sp³-hybridized carbons (Fsp3) is 0.143. The molecule has 3 aromatic rings. The molecule has 2 N–H and O–H groups in total. The van der Waals surface area contributed by atoms with Crippen LogP contribution in [0.4, 0.5) is 11.5 Å².